The maximum atomic E-state index is 11.0. The van der Waals surface area contributed by atoms with Crippen LogP contribution in [0, 0.1) is 0 Å². The molecule has 1 aliphatic rings. The first-order valence-electron chi connectivity index (χ1n) is 7.50. The van der Waals surface area contributed by atoms with Crippen LogP contribution in [0.2, 0.25) is 0 Å². The molecule has 0 aromatic heterocycles. The lowest BCUT2D eigenvalue weighted by Gasteiger charge is -1.91. The number of rotatable bonds is 0. The van der Waals surface area contributed by atoms with Crippen LogP contribution in [0.1, 0.15) is 10.4 Å². The zero-order valence-corrected chi connectivity index (χ0v) is 13.3. The molecule has 1 aliphatic heterocycles. The summed E-state index contributed by atoms with van der Waals surface area (Å²) in [5.41, 5.74) is 1.08. The van der Waals surface area contributed by atoms with E-state index in [1.165, 1.54) is 0 Å². The summed E-state index contributed by atoms with van der Waals surface area (Å²) in [5, 5.41) is 19.7. The molecule has 4 rings (SSSR count). The molecule has 3 N–H and O–H groups in total. The lowest BCUT2D eigenvalue weighted by molar-refractivity contribution is -0.112. The predicted molar refractivity (Wildman–Crippen MR) is 95.6 cm³/mol. The van der Waals surface area contributed by atoms with E-state index in [1.807, 2.05) is 12.1 Å². The molecule has 0 saturated carbocycles. The molecule has 3 aromatic carbocycles. The number of benzene rings is 3. The van der Waals surface area contributed by atoms with Crippen LogP contribution in [-0.4, -0.2) is 21.9 Å². The molecule has 0 aliphatic carbocycles. The van der Waals surface area contributed by atoms with E-state index < -0.39 is 11.7 Å². The SMILES string of the molecule is O=C1Nc2ccccc2C1=O.Oc1ccccc1.Oc1ccccc1. The standard InChI is InChI=1S/C8H5NO2.2C6H6O/c10-7-5-3-1-2-4-6(5)9-8(7)11;2*7-6-4-2-1-3-5-6/h1-4H,(H,9,10,11);2*1-5,7H. The molecule has 0 spiro atoms. The van der Waals surface area contributed by atoms with Crippen molar-refractivity contribution in [3.63, 3.8) is 0 Å². The van der Waals surface area contributed by atoms with Crippen molar-refractivity contribution in [3.05, 3.63) is 90.5 Å². The van der Waals surface area contributed by atoms with Crippen molar-refractivity contribution < 1.29 is 19.8 Å². The Hall–Kier alpha value is -3.60. The average Bonchev–Trinajstić information content (AvgIpc) is 2.92. The number of Topliss-reactive ketones (excluding diaryl/α,β-unsaturated/α-hetero) is 1. The number of phenols is 2. The summed E-state index contributed by atoms with van der Waals surface area (Å²) in [4.78, 5) is 21.8. The second kappa shape index (κ2) is 8.88. The highest BCUT2D eigenvalue weighted by molar-refractivity contribution is 6.51. The van der Waals surface area contributed by atoms with Crippen molar-refractivity contribution in [1.82, 2.24) is 0 Å². The quantitative estimate of drug-likeness (QED) is 0.548. The van der Waals surface area contributed by atoms with Gasteiger partial charge >= 0.3 is 0 Å². The van der Waals surface area contributed by atoms with Crippen LogP contribution in [0.15, 0.2) is 84.9 Å². The monoisotopic (exact) mass is 335 g/mol. The Balaban J connectivity index is 0.000000142. The fourth-order valence-electron chi connectivity index (χ4n) is 1.95. The van der Waals surface area contributed by atoms with Crippen LogP contribution in [0.3, 0.4) is 0 Å². The van der Waals surface area contributed by atoms with Gasteiger partial charge in [0.1, 0.15) is 11.5 Å². The number of carbonyl (C=O) groups excluding carboxylic acids is 2. The molecule has 0 atom stereocenters. The molecule has 0 unspecified atom stereocenters. The third-order valence-electron chi connectivity index (χ3n) is 3.14. The fourth-order valence-corrected chi connectivity index (χ4v) is 1.95. The number of fused-ring (bicyclic) bond motifs is 1. The maximum absolute atomic E-state index is 11.0. The van der Waals surface area contributed by atoms with Gasteiger partial charge in [0, 0.05) is 0 Å². The van der Waals surface area contributed by atoms with Crippen molar-refractivity contribution in [2.45, 2.75) is 0 Å². The average molecular weight is 335 g/mol. The first-order valence-corrected chi connectivity index (χ1v) is 7.50. The first-order chi connectivity index (χ1) is 12.1. The van der Waals surface area contributed by atoms with E-state index in [2.05, 4.69) is 5.32 Å². The minimum atomic E-state index is -0.536. The number of hydrogen-bond donors (Lipinski definition) is 3. The Kier molecular flexibility index (Phi) is 6.31. The molecule has 1 heterocycles. The first kappa shape index (κ1) is 17.7. The van der Waals surface area contributed by atoms with Gasteiger partial charge in [-0.25, -0.2) is 0 Å². The van der Waals surface area contributed by atoms with Gasteiger partial charge < -0.3 is 15.5 Å². The molecule has 1 amide bonds. The van der Waals surface area contributed by atoms with E-state index in [-0.39, 0.29) is 0 Å². The highest BCUT2D eigenvalue weighted by atomic mass is 16.3. The Morgan fingerprint density at radius 2 is 1.04 bits per heavy atom. The van der Waals surface area contributed by atoms with Gasteiger partial charge in [-0.3, -0.25) is 9.59 Å². The molecule has 126 valence electrons. The normalized spacial score (nSPS) is 11.2. The number of hydrogen-bond acceptors (Lipinski definition) is 4. The lowest BCUT2D eigenvalue weighted by Crippen LogP contribution is -2.12. The Morgan fingerprint density at radius 1 is 0.600 bits per heavy atom. The maximum Gasteiger partial charge on any atom is 0.296 e. The second-order valence-electron chi connectivity index (χ2n) is 5.00. The molecule has 5 heteroatoms. The smallest absolute Gasteiger partial charge is 0.296 e. The summed E-state index contributed by atoms with van der Waals surface area (Å²) < 4.78 is 0. The number of amides is 1. The van der Waals surface area contributed by atoms with Crippen LogP contribution >= 0.6 is 0 Å². The third-order valence-corrected chi connectivity index (χ3v) is 3.14. The van der Waals surface area contributed by atoms with Crippen LogP contribution in [0.25, 0.3) is 0 Å². The second-order valence-corrected chi connectivity index (χ2v) is 5.00. The van der Waals surface area contributed by atoms with Gasteiger partial charge in [0.05, 0.1) is 11.3 Å². The van der Waals surface area contributed by atoms with E-state index in [0.717, 1.165) is 0 Å². The molecular formula is C20H17NO4. The van der Waals surface area contributed by atoms with Crippen LogP contribution in [-0.2, 0) is 4.79 Å². The topological polar surface area (TPSA) is 86.6 Å². The van der Waals surface area contributed by atoms with E-state index in [9.17, 15) is 9.59 Å². The molecule has 0 fully saturated rings. The van der Waals surface area contributed by atoms with Gasteiger partial charge in [-0.1, -0.05) is 48.5 Å². The summed E-state index contributed by atoms with van der Waals surface area (Å²) >= 11 is 0. The van der Waals surface area contributed by atoms with Crippen molar-refractivity contribution in [2.24, 2.45) is 0 Å². The van der Waals surface area contributed by atoms with E-state index in [1.54, 1.807) is 72.8 Å². The highest BCUT2D eigenvalue weighted by Crippen LogP contribution is 2.21. The summed E-state index contributed by atoms with van der Waals surface area (Å²) in [7, 11) is 0. The fraction of sp³-hybridized carbons (Fsp3) is 0. The van der Waals surface area contributed by atoms with E-state index >= 15 is 0 Å². The largest absolute Gasteiger partial charge is 0.508 e. The molecule has 3 aromatic rings. The van der Waals surface area contributed by atoms with Gasteiger partial charge in [-0.2, -0.15) is 0 Å². The van der Waals surface area contributed by atoms with Gasteiger partial charge in [-0.15, -0.1) is 0 Å². The number of phenolic OH excluding ortho intramolecular Hbond substituents is 2. The van der Waals surface area contributed by atoms with Crippen molar-refractivity contribution in [3.8, 4) is 11.5 Å². The summed E-state index contributed by atoms with van der Waals surface area (Å²) in [6, 6.07) is 24.3. The molecular weight excluding hydrogens is 318 g/mol. The molecule has 25 heavy (non-hydrogen) atoms. The van der Waals surface area contributed by atoms with Gasteiger partial charge in [-0.05, 0) is 36.4 Å². The minimum absolute atomic E-state index is 0.322. The Labute approximate surface area is 145 Å². The van der Waals surface area contributed by atoms with E-state index in [0.29, 0.717) is 22.7 Å². The molecule has 0 bridgehead atoms. The number of ketones is 1. The van der Waals surface area contributed by atoms with Gasteiger partial charge in [0.25, 0.3) is 11.7 Å². The molecule has 5 nitrogen and oxygen atoms in total. The van der Waals surface area contributed by atoms with Crippen molar-refractivity contribution in [2.75, 3.05) is 5.32 Å². The predicted octanol–water partition coefficient (Wildman–Crippen LogP) is 3.61. The van der Waals surface area contributed by atoms with Crippen molar-refractivity contribution >= 4 is 17.4 Å². The Bertz CT molecular complexity index is 795. The summed E-state index contributed by atoms with van der Waals surface area (Å²) in [6.45, 7) is 0. The molecule has 0 saturated heterocycles. The number of nitrogens with one attached hydrogen (secondary N) is 1. The number of anilines is 1. The summed E-state index contributed by atoms with van der Waals surface area (Å²) in [5.74, 6) is -0.336. The number of aromatic hydroxyl groups is 2. The lowest BCUT2D eigenvalue weighted by atomic mass is 10.1. The number of para-hydroxylation sites is 3. The van der Waals surface area contributed by atoms with Gasteiger partial charge in [0.2, 0.25) is 0 Å². The third kappa shape index (κ3) is 5.51. The Morgan fingerprint density at radius 3 is 1.44 bits per heavy atom. The summed E-state index contributed by atoms with van der Waals surface area (Å²) in [6.07, 6.45) is 0. The van der Waals surface area contributed by atoms with Crippen molar-refractivity contribution in [1.29, 1.82) is 0 Å². The minimum Gasteiger partial charge on any atom is -0.508 e. The highest BCUT2D eigenvalue weighted by Gasteiger charge is 2.26. The van der Waals surface area contributed by atoms with Crippen LogP contribution in [0.5, 0.6) is 11.5 Å². The zero-order valence-electron chi connectivity index (χ0n) is 13.3. The van der Waals surface area contributed by atoms with E-state index in [4.69, 9.17) is 10.2 Å². The zero-order chi connectivity index (χ0) is 18.1. The molecule has 0 radical (unpaired) electrons. The van der Waals surface area contributed by atoms with Crippen LogP contribution in [0.4, 0.5) is 5.69 Å². The number of carbonyl (C=O) groups is 2. The van der Waals surface area contributed by atoms with Crippen LogP contribution < -0.4 is 5.32 Å². The van der Waals surface area contributed by atoms with Gasteiger partial charge in [0.15, 0.2) is 0 Å².